The average molecular weight is 387 g/mol. The number of esters is 1. The highest BCUT2D eigenvalue weighted by Gasteiger charge is 2.34. The van der Waals surface area contributed by atoms with Crippen LogP contribution in [0.5, 0.6) is 11.5 Å². The molecular weight excluding hydrogens is 366 g/mol. The minimum atomic E-state index is -0.597. The average Bonchev–Trinajstić information content (AvgIpc) is 3.13. The largest absolute Gasteiger partial charge is 0.493 e. The predicted octanol–water partition coefficient (Wildman–Crippen LogP) is 1.00. The Labute approximate surface area is 161 Å². The summed E-state index contributed by atoms with van der Waals surface area (Å²) in [5.74, 6) is 0.200. The van der Waals surface area contributed by atoms with E-state index < -0.39 is 17.9 Å². The van der Waals surface area contributed by atoms with E-state index in [2.05, 4.69) is 15.4 Å². The second kappa shape index (κ2) is 7.99. The summed E-state index contributed by atoms with van der Waals surface area (Å²) >= 11 is 0. The minimum Gasteiger partial charge on any atom is -0.493 e. The number of methoxy groups -OCH3 is 1. The summed E-state index contributed by atoms with van der Waals surface area (Å²) in [5, 5.41) is 7.31. The zero-order valence-corrected chi connectivity index (χ0v) is 15.8. The molecule has 28 heavy (non-hydrogen) atoms. The van der Waals surface area contributed by atoms with Crippen molar-refractivity contribution in [1.29, 1.82) is 0 Å². The lowest BCUT2D eigenvalue weighted by Gasteiger charge is -2.28. The number of aromatic nitrogens is 3. The van der Waals surface area contributed by atoms with E-state index in [9.17, 15) is 9.59 Å². The molecule has 10 heteroatoms. The number of benzene rings is 1. The third-order valence-electron chi connectivity index (χ3n) is 4.16. The summed E-state index contributed by atoms with van der Waals surface area (Å²) in [6.45, 7) is 3.49. The minimum absolute atomic E-state index is 0.246. The van der Waals surface area contributed by atoms with Crippen LogP contribution in [0.4, 0.5) is 5.95 Å². The molecule has 1 aromatic carbocycles. The van der Waals surface area contributed by atoms with Crippen molar-refractivity contribution < 1.29 is 23.8 Å². The monoisotopic (exact) mass is 387 g/mol. The number of nitrogens with one attached hydrogen (secondary N) is 1. The highest BCUT2D eigenvalue weighted by molar-refractivity contribution is 5.92. The topological polar surface area (TPSA) is 131 Å². The summed E-state index contributed by atoms with van der Waals surface area (Å²) in [6.07, 6.45) is 1.40. The second-order valence-corrected chi connectivity index (χ2v) is 5.98. The molecule has 1 unspecified atom stereocenters. The van der Waals surface area contributed by atoms with E-state index in [4.69, 9.17) is 19.9 Å². The van der Waals surface area contributed by atoms with Gasteiger partial charge >= 0.3 is 5.97 Å². The molecule has 0 fully saturated rings. The Balaban J connectivity index is 2.06. The SMILES string of the molecule is CCOC(=O)C1=C(C)Nc2ncnn2C1c1ccc(OCC(N)=O)c(OC)c1. The fraction of sp³-hybridized carbons (Fsp3) is 0.333. The normalized spacial score (nSPS) is 15.5. The van der Waals surface area contributed by atoms with Gasteiger partial charge < -0.3 is 25.3 Å². The first-order valence-electron chi connectivity index (χ1n) is 8.59. The van der Waals surface area contributed by atoms with E-state index in [1.807, 2.05) is 0 Å². The van der Waals surface area contributed by atoms with Crippen molar-refractivity contribution in [1.82, 2.24) is 14.8 Å². The van der Waals surface area contributed by atoms with Crippen molar-refractivity contribution in [3.8, 4) is 11.5 Å². The molecular formula is C18H21N5O5. The number of nitrogens with two attached hydrogens (primary N) is 1. The zero-order chi connectivity index (χ0) is 20.3. The lowest BCUT2D eigenvalue weighted by molar-refractivity contribution is -0.139. The van der Waals surface area contributed by atoms with Crippen LogP contribution >= 0.6 is 0 Å². The number of nitrogens with zero attached hydrogens (tertiary/aromatic N) is 3. The van der Waals surface area contributed by atoms with Crippen LogP contribution in [0, 0.1) is 0 Å². The maximum Gasteiger partial charge on any atom is 0.338 e. The summed E-state index contributed by atoms with van der Waals surface area (Å²) in [6, 6.07) is 4.54. The van der Waals surface area contributed by atoms with Gasteiger partial charge in [0.05, 0.1) is 19.3 Å². The smallest absolute Gasteiger partial charge is 0.338 e. The molecule has 1 amide bonds. The van der Waals surface area contributed by atoms with Gasteiger partial charge in [0.1, 0.15) is 12.4 Å². The van der Waals surface area contributed by atoms with E-state index >= 15 is 0 Å². The number of primary amides is 1. The van der Waals surface area contributed by atoms with Crippen molar-refractivity contribution in [3.05, 3.63) is 41.4 Å². The molecule has 1 aromatic heterocycles. The molecule has 2 aromatic rings. The first kappa shape index (κ1) is 19.2. The van der Waals surface area contributed by atoms with Crippen LogP contribution in [0.1, 0.15) is 25.5 Å². The van der Waals surface area contributed by atoms with E-state index in [-0.39, 0.29) is 13.2 Å². The van der Waals surface area contributed by atoms with Crippen LogP contribution in [0.25, 0.3) is 0 Å². The van der Waals surface area contributed by atoms with Crippen LogP contribution in [0.15, 0.2) is 35.8 Å². The number of amides is 1. The molecule has 0 aliphatic carbocycles. The Bertz CT molecular complexity index is 936. The number of anilines is 1. The first-order chi connectivity index (χ1) is 13.5. The molecule has 0 saturated heterocycles. The number of hydrogen-bond donors (Lipinski definition) is 2. The Morgan fingerprint density at radius 3 is 2.79 bits per heavy atom. The molecule has 3 rings (SSSR count). The van der Waals surface area contributed by atoms with Gasteiger partial charge in [-0.1, -0.05) is 6.07 Å². The van der Waals surface area contributed by atoms with E-state index in [1.54, 1.807) is 36.7 Å². The van der Waals surface area contributed by atoms with Crippen LogP contribution in [-0.2, 0) is 14.3 Å². The number of ether oxygens (including phenoxy) is 3. The van der Waals surface area contributed by atoms with Crippen LogP contribution < -0.4 is 20.5 Å². The van der Waals surface area contributed by atoms with Gasteiger partial charge in [0.25, 0.3) is 5.91 Å². The van der Waals surface area contributed by atoms with Crippen molar-refractivity contribution >= 4 is 17.8 Å². The standard InChI is InChI=1S/C18H21N5O5/c1-4-27-17(25)15-10(2)22-18-20-9-21-23(18)16(15)11-5-6-12(13(7-11)26-3)28-8-14(19)24/h5-7,9,16H,4,8H2,1-3H3,(H2,19,24)(H,20,21,22). The lowest BCUT2D eigenvalue weighted by Crippen LogP contribution is -2.29. The first-order valence-corrected chi connectivity index (χ1v) is 8.59. The van der Waals surface area contributed by atoms with Gasteiger partial charge in [0.2, 0.25) is 5.95 Å². The molecule has 10 nitrogen and oxygen atoms in total. The molecule has 1 aliphatic rings. The highest BCUT2D eigenvalue weighted by atomic mass is 16.5. The number of carbonyl (C=O) groups excluding carboxylic acids is 2. The molecule has 1 atom stereocenters. The molecule has 3 N–H and O–H groups in total. The summed E-state index contributed by atoms with van der Waals surface area (Å²) in [7, 11) is 1.48. The number of allylic oxidation sites excluding steroid dienone is 1. The zero-order valence-electron chi connectivity index (χ0n) is 15.8. The Morgan fingerprint density at radius 1 is 1.32 bits per heavy atom. The van der Waals surface area contributed by atoms with Crippen molar-refractivity contribution in [2.45, 2.75) is 19.9 Å². The second-order valence-electron chi connectivity index (χ2n) is 5.98. The summed E-state index contributed by atoms with van der Waals surface area (Å²) in [5.41, 5.74) is 6.87. The number of carbonyl (C=O) groups is 2. The summed E-state index contributed by atoms with van der Waals surface area (Å²) in [4.78, 5) is 27.8. The molecule has 0 bridgehead atoms. The fourth-order valence-corrected chi connectivity index (χ4v) is 2.99. The maximum absolute atomic E-state index is 12.6. The van der Waals surface area contributed by atoms with E-state index in [1.165, 1.54) is 13.4 Å². The van der Waals surface area contributed by atoms with Crippen LogP contribution in [-0.4, -0.2) is 47.0 Å². The van der Waals surface area contributed by atoms with Crippen LogP contribution in [0.3, 0.4) is 0 Å². The van der Waals surface area contributed by atoms with Gasteiger partial charge in [-0.3, -0.25) is 4.79 Å². The Hall–Kier alpha value is -3.56. The molecule has 2 heterocycles. The van der Waals surface area contributed by atoms with Crippen molar-refractivity contribution in [2.24, 2.45) is 5.73 Å². The summed E-state index contributed by atoms with van der Waals surface area (Å²) < 4.78 is 17.6. The number of fused-ring (bicyclic) bond motifs is 1. The van der Waals surface area contributed by atoms with Crippen molar-refractivity contribution in [2.75, 3.05) is 25.6 Å². The maximum atomic E-state index is 12.6. The fourth-order valence-electron chi connectivity index (χ4n) is 2.99. The predicted molar refractivity (Wildman–Crippen MR) is 98.8 cm³/mol. The van der Waals surface area contributed by atoms with Crippen LogP contribution in [0.2, 0.25) is 0 Å². The molecule has 1 aliphatic heterocycles. The Kier molecular flexibility index (Phi) is 5.48. The molecule has 0 saturated carbocycles. The third-order valence-corrected chi connectivity index (χ3v) is 4.16. The highest BCUT2D eigenvalue weighted by Crippen LogP contribution is 2.38. The van der Waals surface area contributed by atoms with Gasteiger partial charge in [-0.25, -0.2) is 9.48 Å². The van der Waals surface area contributed by atoms with Gasteiger partial charge in [0, 0.05) is 5.70 Å². The van der Waals surface area contributed by atoms with Gasteiger partial charge in [-0.2, -0.15) is 10.1 Å². The Morgan fingerprint density at radius 2 is 2.11 bits per heavy atom. The van der Waals surface area contributed by atoms with E-state index in [0.717, 1.165) is 0 Å². The molecule has 0 radical (unpaired) electrons. The quantitative estimate of drug-likeness (QED) is 0.673. The number of hydrogen-bond acceptors (Lipinski definition) is 8. The molecule has 0 spiro atoms. The lowest BCUT2D eigenvalue weighted by atomic mass is 9.95. The van der Waals surface area contributed by atoms with Gasteiger partial charge in [-0.05, 0) is 31.5 Å². The van der Waals surface area contributed by atoms with Crippen molar-refractivity contribution in [3.63, 3.8) is 0 Å². The van der Waals surface area contributed by atoms with Gasteiger partial charge in [0.15, 0.2) is 18.1 Å². The van der Waals surface area contributed by atoms with E-state index in [0.29, 0.717) is 34.3 Å². The molecule has 148 valence electrons. The number of rotatable bonds is 7. The van der Waals surface area contributed by atoms with Gasteiger partial charge in [-0.15, -0.1) is 0 Å². The third kappa shape index (κ3) is 3.61.